The zero-order valence-corrected chi connectivity index (χ0v) is 23.1. The number of piperazine rings is 1. The molecule has 3 aromatic heterocycles. The third-order valence-corrected chi connectivity index (χ3v) is 7.43. The minimum atomic E-state index is -4.84. The number of pyridine rings is 2. The van der Waals surface area contributed by atoms with Crippen LogP contribution >= 0.6 is 0 Å². The SMILES string of the molecule is CC(C)c1nccc2c1-n1c(=O)nc(N3CCNCC3C)c3cc(F)c(nc31)-c1c(cccc1C(F)(F)F)OCCO2. The second kappa shape index (κ2) is 10.5. The summed E-state index contributed by atoms with van der Waals surface area (Å²) in [5, 5.41) is 3.43. The molecule has 0 spiro atoms. The topological polar surface area (TPSA) is 94.4 Å². The minimum Gasteiger partial charge on any atom is -0.489 e. The van der Waals surface area contributed by atoms with Crippen LogP contribution in [0.15, 0.2) is 41.3 Å². The van der Waals surface area contributed by atoms with Crippen LogP contribution in [0, 0.1) is 5.82 Å². The first-order valence-electron chi connectivity index (χ1n) is 13.6. The van der Waals surface area contributed by atoms with E-state index in [1.807, 2.05) is 25.7 Å². The zero-order chi connectivity index (χ0) is 29.8. The monoisotopic (exact) mass is 584 g/mol. The van der Waals surface area contributed by atoms with Gasteiger partial charge in [0.1, 0.15) is 41.9 Å². The zero-order valence-electron chi connectivity index (χ0n) is 23.1. The van der Waals surface area contributed by atoms with Crippen molar-refractivity contribution < 1.29 is 27.0 Å². The molecule has 2 aliphatic heterocycles. The summed E-state index contributed by atoms with van der Waals surface area (Å²) in [6, 6.07) is 5.93. The molecule has 6 rings (SSSR count). The fourth-order valence-corrected chi connectivity index (χ4v) is 5.51. The lowest BCUT2D eigenvalue weighted by molar-refractivity contribution is -0.137. The van der Waals surface area contributed by atoms with Crippen LogP contribution < -0.4 is 25.4 Å². The molecule has 42 heavy (non-hydrogen) atoms. The maximum Gasteiger partial charge on any atom is 0.417 e. The van der Waals surface area contributed by atoms with Crippen LogP contribution in [0.1, 0.15) is 37.9 Å². The lowest BCUT2D eigenvalue weighted by Crippen LogP contribution is -2.50. The Hall–Kier alpha value is -4.26. The number of anilines is 1. The van der Waals surface area contributed by atoms with E-state index in [1.165, 1.54) is 16.7 Å². The van der Waals surface area contributed by atoms with Gasteiger partial charge < -0.3 is 19.7 Å². The molecule has 5 heterocycles. The molecule has 1 saturated heterocycles. The summed E-state index contributed by atoms with van der Waals surface area (Å²) in [6.07, 6.45) is -3.30. The fraction of sp³-hybridized carbons (Fsp3) is 0.379. The lowest BCUT2D eigenvalue weighted by atomic mass is 10.0. The van der Waals surface area contributed by atoms with Gasteiger partial charge in [-0.05, 0) is 31.0 Å². The first kappa shape index (κ1) is 27.9. The van der Waals surface area contributed by atoms with Gasteiger partial charge in [0, 0.05) is 37.9 Å². The Morgan fingerprint density at radius 3 is 2.57 bits per heavy atom. The predicted molar refractivity (Wildman–Crippen MR) is 148 cm³/mol. The van der Waals surface area contributed by atoms with Crippen molar-refractivity contribution in [1.29, 1.82) is 0 Å². The van der Waals surface area contributed by atoms with Gasteiger partial charge in [-0.25, -0.2) is 18.7 Å². The first-order chi connectivity index (χ1) is 20.1. The molecule has 0 saturated carbocycles. The fourth-order valence-electron chi connectivity index (χ4n) is 5.51. The molecule has 2 aliphatic rings. The second-order valence-electron chi connectivity index (χ2n) is 10.6. The number of hydrogen-bond acceptors (Lipinski definition) is 8. The van der Waals surface area contributed by atoms with E-state index in [0.717, 1.165) is 12.1 Å². The molecule has 0 amide bonds. The lowest BCUT2D eigenvalue weighted by Gasteiger charge is -2.35. The molecule has 1 fully saturated rings. The Kier molecular flexibility index (Phi) is 7.00. The molecule has 2 bridgehead atoms. The largest absolute Gasteiger partial charge is 0.489 e. The van der Waals surface area contributed by atoms with Crippen molar-refractivity contribution in [2.45, 2.75) is 38.9 Å². The van der Waals surface area contributed by atoms with E-state index in [2.05, 4.69) is 20.3 Å². The summed E-state index contributed by atoms with van der Waals surface area (Å²) in [5.41, 5.74) is -2.38. The van der Waals surface area contributed by atoms with E-state index in [4.69, 9.17) is 9.47 Å². The third-order valence-electron chi connectivity index (χ3n) is 7.43. The smallest absolute Gasteiger partial charge is 0.417 e. The summed E-state index contributed by atoms with van der Waals surface area (Å²) in [5.74, 6) is -0.938. The van der Waals surface area contributed by atoms with Gasteiger partial charge in [-0.15, -0.1) is 0 Å². The van der Waals surface area contributed by atoms with E-state index in [9.17, 15) is 18.0 Å². The first-order valence-corrected chi connectivity index (χ1v) is 13.6. The molecule has 4 aromatic rings. The van der Waals surface area contributed by atoms with Crippen molar-refractivity contribution in [2.24, 2.45) is 0 Å². The number of nitrogens with zero attached hydrogens (tertiary/aromatic N) is 5. The maximum absolute atomic E-state index is 16.1. The van der Waals surface area contributed by atoms with Crippen molar-refractivity contribution in [3.63, 3.8) is 0 Å². The van der Waals surface area contributed by atoms with Crippen LogP contribution in [0.5, 0.6) is 11.5 Å². The molecular formula is C29H28F4N6O3. The quantitative estimate of drug-likeness (QED) is 0.339. The van der Waals surface area contributed by atoms with Crippen molar-refractivity contribution in [1.82, 2.24) is 24.8 Å². The number of alkyl halides is 3. The molecule has 13 heteroatoms. The number of halogens is 4. The van der Waals surface area contributed by atoms with Gasteiger partial charge in [0.25, 0.3) is 0 Å². The van der Waals surface area contributed by atoms with E-state index in [1.54, 1.807) is 12.3 Å². The van der Waals surface area contributed by atoms with Crippen molar-refractivity contribution in [3.8, 4) is 28.4 Å². The van der Waals surface area contributed by atoms with Crippen LogP contribution in [0.25, 0.3) is 28.0 Å². The molecule has 0 aliphatic carbocycles. The highest BCUT2D eigenvalue weighted by Crippen LogP contribution is 2.44. The van der Waals surface area contributed by atoms with Crippen LogP contribution in [0.2, 0.25) is 0 Å². The van der Waals surface area contributed by atoms with E-state index in [-0.39, 0.29) is 59.2 Å². The Balaban J connectivity index is 1.78. The maximum atomic E-state index is 16.1. The van der Waals surface area contributed by atoms with Crippen LogP contribution in [-0.2, 0) is 6.18 Å². The van der Waals surface area contributed by atoms with Gasteiger partial charge in [-0.2, -0.15) is 18.2 Å². The van der Waals surface area contributed by atoms with Gasteiger partial charge in [0.2, 0.25) is 0 Å². The van der Waals surface area contributed by atoms with Gasteiger partial charge in [0.05, 0.1) is 22.2 Å². The van der Waals surface area contributed by atoms with Crippen LogP contribution in [0.4, 0.5) is 23.4 Å². The average Bonchev–Trinajstić information content (AvgIpc) is 2.94. The molecule has 9 nitrogen and oxygen atoms in total. The number of hydrogen-bond donors (Lipinski definition) is 1. The summed E-state index contributed by atoms with van der Waals surface area (Å²) < 4.78 is 71.8. The Labute approximate surface area is 238 Å². The number of aromatic nitrogens is 4. The average molecular weight is 585 g/mol. The summed E-state index contributed by atoms with van der Waals surface area (Å²) in [7, 11) is 0. The molecule has 1 aromatic carbocycles. The standard InChI is InChI=1S/C29H28F4N6O3/c1-15(2)23-25-21(7-8-35-23)42-12-11-41-20-6-4-5-18(29(31,32)33)22(20)24-19(30)13-17-26(38-10-9-34-14-16(38)3)37-28(40)39(25)27(17)36-24/h4-8,13,15-16,34H,9-12,14H2,1-3H3. The molecular weight excluding hydrogens is 556 g/mol. The Bertz CT molecular complexity index is 1740. The number of ether oxygens (including phenoxy) is 2. The van der Waals surface area contributed by atoms with Gasteiger partial charge in [0.15, 0.2) is 11.5 Å². The molecule has 0 radical (unpaired) electrons. The number of fused-ring (bicyclic) bond motifs is 5. The molecule has 220 valence electrons. The third kappa shape index (κ3) is 4.71. The number of benzene rings is 1. The van der Waals surface area contributed by atoms with E-state index in [0.29, 0.717) is 25.3 Å². The molecule has 1 atom stereocenters. The summed E-state index contributed by atoms with van der Waals surface area (Å²) >= 11 is 0. The van der Waals surface area contributed by atoms with Crippen molar-refractivity contribution >= 4 is 16.9 Å². The van der Waals surface area contributed by atoms with E-state index >= 15 is 4.39 Å². The van der Waals surface area contributed by atoms with Crippen LogP contribution in [-0.4, -0.2) is 58.4 Å². The Morgan fingerprint density at radius 1 is 1.10 bits per heavy atom. The minimum absolute atomic E-state index is 0.0736. The van der Waals surface area contributed by atoms with Gasteiger partial charge in [-0.1, -0.05) is 19.9 Å². The van der Waals surface area contributed by atoms with Crippen molar-refractivity contribution in [2.75, 3.05) is 37.7 Å². The molecule has 1 unspecified atom stereocenters. The highest BCUT2D eigenvalue weighted by atomic mass is 19.4. The van der Waals surface area contributed by atoms with E-state index < -0.39 is 34.5 Å². The summed E-state index contributed by atoms with van der Waals surface area (Å²) in [4.78, 5) is 29.2. The van der Waals surface area contributed by atoms with Crippen molar-refractivity contribution in [3.05, 3.63) is 64.1 Å². The highest BCUT2D eigenvalue weighted by Gasteiger charge is 2.37. The Morgan fingerprint density at radius 2 is 1.86 bits per heavy atom. The summed E-state index contributed by atoms with van der Waals surface area (Å²) in [6.45, 7) is 7.13. The number of rotatable bonds is 2. The predicted octanol–water partition coefficient (Wildman–Crippen LogP) is 4.69. The van der Waals surface area contributed by atoms with Gasteiger partial charge >= 0.3 is 11.9 Å². The molecule has 1 N–H and O–H groups in total. The normalized spacial score (nSPS) is 17.2. The van der Waals surface area contributed by atoms with Crippen LogP contribution in [0.3, 0.4) is 0 Å². The number of nitrogens with one attached hydrogen (secondary N) is 1. The van der Waals surface area contributed by atoms with Gasteiger partial charge in [-0.3, -0.25) is 4.98 Å². The second-order valence-corrected chi connectivity index (χ2v) is 10.6. The highest BCUT2D eigenvalue weighted by molar-refractivity contribution is 5.91.